The minimum atomic E-state index is -1.11. The zero-order chi connectivity index (χ0) is 11.3. The van der Waals surface area contributed by atoms with Gasteiger partial charge in [-0.1, -0.05) is 25.5 Å². The summed E-state index contributed by atoms with van der Waals surface area (Å²) in [7, 11) is 1.59. The van der Waals surface area contributed by atoms with Crippen molar-refractivity contribution in [1.82, 2.24) is 0 Å². The van der Waals surface area contributed by atoms with Gasteiger partial charge in [-0.15, -0.1) is 0 Å². The van der Waals surface area contributed by atoms with Gasteiger partial charge in [-0.25, -0.2) is 0 Å². The van der Waals surface area contributed by atoms with Crippen LogP contribution in [0.2, 0.25) is 0 Å². The molecule has 0 N–H and O–H groups in total. The van der Waals surface area contributed by atoms with E-state index in [1.165, 1.54) is 0 Å². The van der Waals surface area contributed by atoms with E-state index in [4.69, 9.17) is 6.11 Å². The highest BCUT2D eigenvalue weighted by molar-refractivity contribution is 5.62. The van der Waals surface area contributed by atoms with Gasteiger partial charge in [-0.2, -0.15) is 0 Å². The second-order valence-corrected chi connectivity index (χ2v) is 3.12. The molecule has 0 spiro atoms. The van der Waals surface area contributed by atoms with E-state index in [1.54, 1.807) is 31.4 Å². The predicted molar refractivity (Wildman–Crippen MR) is 56.7 cm³/mol. The zero-order valence-corrected chi connectivity index (χ0v) is 8.62. The normalized spacial score (nSPS) is 15.4. The number of rotatable bonds is 5. The molecule has 0 aromatic heterocycles. The second kappa shape index (κ2) is 5.43. The molecule has 0 aliphatic rings. The Kier molecular flexibility index (Phi) is 3.59. The fourth-order valence-corrected chi connectivity index (χ4v) is 1.35. The Morgan fingerprint density at radius 1 is 1.50 bits per heavy atom. The van der Waals surface area contributed by atoms with Crippen molar-refractivity contribution in [3.63, 3.8) is 0 Å². The average Bonchev–Trinajstić information content (AvgIpc) is 2.29. The van der Waals surface area contributed by atoms with E-state index < -0.39 is 5.89 Å². The van der Waals surface area contributed by atoms with Crippen LogP contribution in [0.3, 0.4) is 0 Å². The summed E-state index contributed by atoms with van der Waals surface area (Å²) in [5.74, 6) is -0.371. The Hall–Kier alpha value is -1.31. The number of aldehydes is 1. The predicted octanol–water partition coefficient (Wildman–Crippen LogP) is 2.78. The zero-order valence-electron chi connectivity index (χ0n) is 9.62. The van der Waals surface area contributed by atoms with Gasteiger partial charge < -0.3 is 9.53 Å². The molecule has 0 amide bonds. The summed E-state index contributed by atoms with van der Waals surface area (Å²) in [6, 6.07) is 7.10. The lowest BCUT2D eigenvalue weighted by molar-refractivity contribution is -0.109. The van der Waals surface area contributed by atoms with Crippen LogP contribution >= 0.6 is 0 Å². The second-order valence-electron chi connectivity index (χ2n) is 3.12. The van der Waals surface area contributed by atoms with E-state index in [2.05, 4.69) is 0 Å². The van der Waals surface area contributed by atoms with Crippen LogP contribution in [0.1, 0.15) is 32.6 Å². The number of carbonyl (C=O) groups excluding carboxylic acids is 1. The number of methoxy groups -OCH3 is 1. The number of ether oxygens (including phenoxy) is 1. The molecule has 76 valence electrons. The van der Waals surface area contributed by atoms with E-state index >= 15 is 0 Å². The van der Waals surface area contributed by atoms with Crippen molar-refractivity contribution >= 4 is 6.29 Å². The molecule has 1 unspecified atom stereocenters. The lowest BCUT2D eigenvalue weighted by Gasteiger charge is -2.09. The number of hydrogen-bond donors (Lipinski definition) is 0. The molecule has 2 nitrogen and oxygen atoms in total. The minimum Gasteiger partial charge on any atom is -0.497 e. The molecule has 0 aliphatic heterocycles. The first kappa shape index (κ1) is 9.25. The highest BCUT2D eigenvalue weighted by Crippen LogP contribution is 2.21. The Morgan fingerprint density at radius 2 is 2.14 bits per heavy atom. The largest absolute Gasteiger partial charge is 0.497 e. The lowest BCUT2D eigenvalue weighted by Crippen LogP contribution is -1.99. The van der Waals surface area contributed by atoms with Gasteiger partial charge in [0.05, 0.1) is 7.11 Å². The first-order valence-corrected chi connectivity index (χ1v) is 4.77. The third-order valence-electron chi connectivity index (χ3n) is 2.12. The number of carbonyl (C=O) groups is 1. The van der Waals surface area contributed by atoms with Crippen LogP contribution < -0.4 is 4.74 Å². The smallest absolute Gasteiger partial charge is 0.127 e. The van der Waals surface area contributed by atoms with Crippen molar-refractivity contribution in [2.75, 3.05) is 7.11 Å². The molecule has 14 heavy (non-hydrogen) atoms. The molecule has 0 radical (unpaired) electrons. The molecule has 0 aliphatic carbocycles. The SMILES string of the molecule is [2H]C(C=O)(CCC)c1ccc(OC)cc1. The highest BCUT2D eigenvalue weighted by Gasteiger charge is 2.08. The quantitative estimate of drug-likeness (QED) is 0.672. The van der Waals surface area contributed by atoms with Crippen LogP contribution in [-0.4, -0.2) is 13.4 Å². The molecule has 0 heterocycles. The third kappa shape index (κ3) is 2.59. The first-order chi connectivity index (χ1) is 7.16. The fourth-order valence-electron chi connectivity index (χ4n) is 1.35. The number of benzene rings is 1. The standard InChI is InChI=1S/C12H16O2/c1-3-4-11(9-13)10-5-7-12(14-2)8-6-10/h5-9,11H,3-4H2,1-2H3/i11D. The maximum Gasteiger partial charge on any atom is 0.127 e. The van der Waals surface area contributed by atoms with Crippen molar-refractivity contribution in [1.29, 1.82) is 0 Å². The monoisotopic (exact) mass is 193 g/mol. The van der Waals surface area contributed by atoms with Gasteiger partial charge in [0.15, 0.2) is 0 Å². The first-order valence-electron chi connectivity index (χ1n) is 5.27. The van der Waals surface area contributed by atoms with E-state index in [-0.39, 0.29) is 0 Å². The molecule has 0 fully saturated rings. The summed E-state index contributed by atoms with van der Waals surface area (Å²) < 4.78 is 13.1. The van der Waals surface area contributed by atoms with Crippen LogP contribution in [0.15, 0.2) is 24.3 Å². The van der Waals surface area contributed by atoms with Crippen LogP contribution in [0.5, 0.6) is 5.75 Å². The molecule has 1 aromatic carbocycles. The molecule has 1 rings (SSSR count). The van der Waals surface area contributed by atoms with Crippen LogP contribution in [0.4, 0.5) is 0 Å². The fraction of sp³-hybridized carbons (Fsp3) is 0.417. The molecule has 1 atom stereocenters. The van der Waals surface area contributed by atoms with Gasteiger partial charge in [0.1, 0.15) is 12.0 Å². The highest BCUT2D eigenvalue weighted by atomic mass is 16.5. The van der Waals surface area contributed by atoms with Gasteiger partial charge in [0.25, 0.3) is 0 Å². The van der Waals surface area contributed by atoms with Crippen molar-refractivity contribution in [3.8, 4) is 5.75 Å². The lowest BCUT2D eigenvalue weighted by atomic mass is 9.96. The molecule has 0 bridgehead atoms. The van der Waals surface area contributed by atoms with E-state index in [0.717, 1.165) is 17.7 Å². The summed E-state index contributed by atoms with van der Waals surface area (Å²) in [5, 5.41) is 0. The van der Waals surface area contributed by atoms with Crippen LogP contribution in [-0.2, 0) is 4.79 Å². The van der Waals surface area contributed by atoms with E-state index in [0.29, 0.717) is 12.7 Å². The van der Waals surface area contributed by atoms with Gasteiger partial charge >= 0.3 is 0 Å². The summed E-state index contributed by atoms with van der Waals surface area (Å²) >= 11 is 0. The van der Waals surface area contributed by atoms with Crippen molar-refractivity contribution in [2.45, 2.75) is 25.7 Å². The minimum absolute atomic E-state index is 0.544. The van der Waals surface area contributed by atoms with Crippen LogP contribution in [0, 0.1) is 0 Å². The van der Waals surface area contributed by atoms with Crippen LogP contribution in [0.25, 0.3) is 0 Å². The molecular weight excluding hydrogens is 176 g/mol. The number of hydrogen-bond acceptors (Lipinski definition) is 2. The van der Waals surface area contributed by atoms with Crippen molar-refractivity contribution in [3.05, 3.63) is 29.8 Å². The van der Waals surface area contributed by atoms with Crippen molar-refractivity contribution < 1.29 is 10.9 Å². The Morgan fingerprint density at radius 3 is 2.57 bits per heavy atom. The molecule has 0 saturated carbocycles. The maximum atomic E-state index is 11.0. The maximum absolute atomic E-state index is 11.0. The van der Waals surface area contributed by atoms with Gasteiger partial charge in [0, 0.05) is 7.26 Å². The summed E-state index contributed by atoms with van der Waals surface area (Å²) in [5.41, 5.74) is 0.722. The van der Waals surface area contributed by atoms with Gasteiger partial charge in [-0.3, -0.25) is 0 Å². The molecule has 2 heteroatoms. The topological polar surface area (TPSA) is 26.3 Å². The Labute approximate surface area is 86.3 Å². The molecular formula is C12H16O2. The average molecular weight is 193 g/mol. The Bertz CT molecular complexity index is 321. The summed E-state index contributed by atoms with van der Waals surface area (Å²) in [6.07, 6.45) is 2.06. The van der Waals surface area contributed by atoms with Gasteiger partial charge in [-0.05, 0) is 24.1 Å². The Balaban J connectivity index is 2.97. The third-order valence-corrected chi connectivity index (χ3v) is 2.12. The summed E-state index contributed by atoms with van der Waals surface area (Å²) in [4.78, 5) is 11.0. The van der Waals surface area contributed by atoms with E-state index in [9.17, 15) is 4.79 Å². The summed E-state index contributed by atoms with van der Waals surface area (Å²) in [6.45, 7) is 1.97. The molecule has 1 aromatic rings. The van der Waals surface area contributed by atoms with Gasteiger partial charge in [0.2, 0.25) is 0 Å². The van der Waals surface area contributed by atoms with Crippen molar-refractivity contribution in [2.24, 2.45) is 0 Å². The molecule has 0 saturated heterocycles. The van der Waals surface area contributed by atoms with E-state index in [1.807, 2.05) is 6.92 Å².